The monoisotopic (exact) mass is 338 g/mol. The molecule has 1 spiro atoms. The lowest BCUT2D eigenvalue weighted by Crippen LogP contribution is -2.48. The quantitative estimate of drug-likeness (QED) is 0.709. The molecule has 0 radical (unpaired) electrons. The van der Waals surface area contributed by atoms with Gasteiger partial charge in [0, 0.05) is 22.7 Å². The molecule has 2 nitrogen and oxygen atoms in total. The van der Waals surface area contributed by atoms with Crippen molar-refractivity contribution in [2.75, 3.05) is 0 Å². The summed E-state index contributed by atoms with van der Waals surface area (Å²) in [6.07, 6.45) is 5.15. The summed E-state index contributed by atoms with van der Waals surface area (Å²) in [5.74, 6) is 1.18. The van der Waals surface area contributed by atoms with E-state index in [1.54, 1.807) is 0 Å². The summed E-state index contributed by atoms with van der Waals surface area (Å²) in [5.41, 5.74) is 5.77. The van der Waals surface area contributed by atoms with E-state index in [2.05, 4.69) is 32.8 Å². The highest BCUT2D eigenvalue weighted by Gasteiger charge is 2.69. The lowest BCUT2D eigenvalue weighted by molar-refractivity contribution is 0.00350. The highest BCUT2D eigenvalue weighted by atomic mass is 19.1. The van der Waals surface area contributed by atoms with Crippen LogP contribution in [-0.2, 0) is 6.42 Å². The van der Waals surface area contributed by atoms with E-state index in [0.717, 1.165) is 23.6 Å². The van der Waals surface area contributed by atoms with E-state index in [-0.39, 0.29) is 11.2 Å². The minimum absolute atomic E-state index is 0.193. The van der Waals surface area contributed by atoms with Gasteiger partial charge in [0.05, 0.1) is 5.69 Å². The molecule has 1 aromatic carbocycles. The number of nitrogens with zero attached hydrogens (tertiary/aromatic N) is 1. The van der Waals surface area contributed by atoms with Gasteiger partial charge in [0.2, 0.25) is 0 Å². The molecule has 2 aromatic rings. The largest absolute Gasteiger partial charge is 0.281 e. The number of aromatic nitrogens is 2. The Balaban J connectivity index is 1.70. The normalized spacial score (nSPS) is 34.0. The van der Waals surface area contributed by atoms with E-state index in [1.165, 1.54) is 42.7 Å². The minimum atomic E-state index is -0.193. The van der Waals surface area contributed by atoms with Gasteiger partial charge in [0.1, 0.15) is 5.82 Å². The van der Waals surface area contributed by atoms with Gasteiger partial charge in [-0.05, 0) is 72.1 Å². The molecule has 1 aromatic heterocycles. The van der Waals surface area contributed by atoms with Crippen molar-refractivity contribution in [3.05, 3.63) is 41.3 Å². The average Bonchev–Trinajstić information content (AvgIpc) is 3.20. The van der Waals surface area contributed by atoms with E-state index >= 15 is 0 Å². The van der Waals surface area contributed by atoms with Crippen LogP contribution < -0.4 is 0 Å². The average molecular weight is 338 g/mol. The molecule has 2 fully saturated rings. The Morgan fingerprint density at radius 1 is 1.12 bits per heavy atom. The third-order valence-corrected chi connectivity index (χ3v) is 8.17. The zero-order valence-corrected chi connectivity index (χ0v) is 15.6. The number of benzene rings is 1. The van der Waals surface area contributed by atoms with E-state index in [1.807, 2.05) is 12.1 Å². The van der Waals surface area contributed by atoms with Gasteiger partial charge in [-0.3, -0.25) is 5.10 Å². The molecule has 0 aliphatic heterocycles. The van der Waals surface area contributed by atoms with Crippen LogP contribution in [-0.4, -0.2) is 10.2 Å². The van der Waals surface area contributed by atoms with Crippen LogP contribution in [0.15, 0.2) is 24.3 Å². The summed E-state index contributed by atoms with van der Waals surface area (Å²) < 4.78 is 13.3. The summed E-state index contributed by atoms with van der Waals surface area (Å²) in [4.78, 5) is 0. The van der Waals surface area contributed by atoms with Crippen molar-refractivity contribution in [3.63, 3.8) is 0 Å². The molecule has 1 N–H and O–H groups in total. The molecule has 1 heterocycles. The second-order valence-corrected chi connectivity index (χ2v) is 9.88. The summed E-state index contributed by atoms with van der Waals surface area (Å²) in [7, 11) is 0. The van der Waals surface area contributed by atoms with Crippen molar-refractivity contribution in [1.29, 1.82) is 0 Å². The van der Waals surface area contributed by atoms with Crippen LogP contribution in [0, 0.1) is 28.0 Å². The van der Waals surface area contributed by atoms with Crippen molar-refractivity contribution in [3.8, 4) is 11.3 Å². The first kappa shape index (κ1) is 15.6. The van der Waals surface area contributed by atoms with Crippen molar-refractivity contribution in [2.24, 2.45) is 22.2 Å². The van der Waals surface area contributed by atoms with Gasteiger partial charge < -0.3 is 0 Å². The maximum absolute atomic E-state index is 13.3. The first-order chi connectivity index (χ1) is 11.8. The Kier molecular flexibility index (Phi) is 2.84. The van der Waals surface area contributed by atoms with E-state index < -0.39 is 0 Å². The number of rotatable bonds is 1. The molecule has 132 valence electrons. The van der Waals surface area contributed by atoms with Gasteiger partial charge in [-0.1, -0.05) is 27.7 Å². The first-order valence-corrected chi connectivity index (χ1v) is 9.59. The molecule has 5 rings (SSSR count). The molecule has 2 saturated carbocycles. The van der Waals surface area contributed by atoms with Gasteiger partial charge in [-0.25, -0.2) is 4.39 Å². The Morgan fingerprint density at radius 2 is 1.84 bits per heavy atom. The number of hydrogen-bond donors (Lipinski definition) is 1. The van der Waals surface area contributed by atoms with Crippen LogP contribution in [0.3, 0.4) is 0 Å². The lowest BCUT2D eigenvalue weighted by atomic mass is 9.49. The van der Waals surface area contributed by atoms with Crippen LogP contribution in [0.1, 0.15) is 64.1 Å². The molecule has 3 unspecified atom stereocenters. The summed E-state index contributed by atoms with van der Waals surface area (Å²) >= 11 is 0. The number of aromatic amines is 1. The second-order valence-electron chi connectivity index (χ2n) is 9.88. The minimum Gasteiger partial charge on any atom is -0.281 e. The van der Waals surface area contributed by atoms with Gasteiger partial charge in [0.15, 0.2) is 0 Å². The van der Waals surface area contributed by atoms with Crippen molar-refractivity contribution in [2.45, 2.75) is 59.3 Å². The number of hydrogen-bond acceptors (Lipinski definition) is 1. The van der Waals surface area contributed by atoms with Crippen LogP contribution in [0.25, 0.3) is 11.3 Å². The predicted molar refractivity (Wildman–Crippen MR) is 97.8 cm³/mol. The molecule has 0 amide bonds. The molecular weight excluding hydrogens is 311 g/mol. The number of nitrogens with one attached hydrogen (secondary N) is 1. The topological polar surface area (TPSA) is 28.7 Å². The van der Waals surface area contributed by atoms with Crippen molar-refractivity contribution < 1.29 is 4.39 Å². The summed E-state index contributed by atoms with van der Waals surface area (Å²) in [6.45, 7) is 9.86. The smallest absolute Gasteiger partial charge is 0.123 e. The summed E-state index contributed by atoms with van der Waals surface area (Å²) in [6, 6.07) is 6.78. The molecular formula is C22H27FN2. The maximum atomic E-state index is 13.3. The second kappa shape index (κ2) is 4.55. The fourth-order valence-electron chi connectivity index (χ4n) is 6.84. The Morgan fingerprint density at radius 3 is 2.56 bits per heavy atom. The maximum Gasteiger partial charge on any atom is 0.123 e. The van der Waals surface area contributed by atoms with Crippen LogP contribution in [0.5, 0.6) is 0 Å². The van der Waals surface area contributed by atoms with Gasteiger partial charge in [-0.2, -0.15) is 5.10 Å². The third kappa shape index (κ3) is 1.77. The Hall–Kier alpha value is -1.64. The van der Waals surface area contributed by atoms with Crippen molar-refractivity contribution >= 4 is 0 Å². The van der Waals surface area contributed by atoms with Crippen molar-refractivity contribution in [1.82, 2.24) is 10.2 Å². The fraction of sp³-hybridized carbons (Fsp3) is 0.591. The molecule has 25 heavy (non-hydrogen) atoms. The van der Waals surface area contributed by atoms with Crippen LogP contribution >= 0.6 is 0 Å². The number of H-pyrrole nitrogens is 1. The zero-order valence-electron chi connectivity index (χ0n) is 15.6. The van der Waals surface area contributed by atoms with Gasteiger partial charge >= 0.3 is 0 Å². The third-order valence-electron chi connectivity index (χ3n) is 8.17. The fourth-order valence-corrected chi connectivity index (χ4v) is 6.84. The van der Waals surface area contributed by atoms with E-state index in [4.69, 9.17) is 5.10 Å². The first-order valence-electron chi connectivity index (χ1n) is 9.59. The van der Waals surface area contributed by atoms with E-state index in [9.17, 15) is 4.39 Å². The highest BCUT2D eigenvalue weighted by Crippen LogP contribution is 2.77. The highest BCUT2D eigenvalue weighted by molar-refractivity contribution is 5.65. The molecule has 3 aliphatic rings. The predicted octanol–water partition coefficient (Wildman–Crippen LogP) is 5.71. The molecule has 3 aliphatic carbocycles. The summed E-state index contributed by atoms with van der Waals surface area (Å²) in [5, 5.41) is 8.16. The zero-order chi connectivity index (χ0) is 17.6. The molecule has 3 atom stereocenters. The Bertz CT molecular complexity index is 845. The SMILES string of the molecule is CC1(C)C2CCC3(C2)C1c1[nH]nc(-c2ccc(F)cc2)c1CC3(C)C. The molecule has 3 heteroatoms. The van der Waals surface area contributed by atoms with Gasteiger partial charge in [0.25, 0.3) is 0 Å². The molecule has 2 bridgehead atoms. The van der Waals surface area contributed by atoms with Gasteiger partial charge in [-0.15, -0.1) is 0 Å². The van der Waals surface area contributed by atoms with Crippen LogP contribution in [0.4, 0.5) is 4.39 Å². The number of fused-ring (bicyclic) bond motifs is 3. The standard InChI is InChI=1S/C22H27FN2/c1-20(2)12-16-17(13-5-7-15(23)8-6-13)24-25-18(16)19-21(3,4)14-9-10-22(19,20)11-14/h5-8,14,19H,9-12H2,1-4H3,(H,24,25). The molecule has 0 saturated heterocycles. The van der Waals surface area contributed by atoms with E-state index in [0.29, 0.717) is 16.7 Å². The Labute approximate surface area is 149 Å². The number of halogens is 1. The lowest BCUT2D eigenvalue weighted by Gasteiger charge is -2.55. The van der Waals surface area contributed by atoms with Crippen LogP contribution in [0.2, 0.25) is 0 Å².